The largest absolute Gasteiger partial charge is 0.352 e. The van der Waals surface area contributed by atoms with Crippen molar-refractivity contribution in [3.05, 3.63) is 107 Å². The van der Waals surface area contributed by atoms with E-state index >= 15 is 0 Å². The summed E-state index contributed by atoms with van der Waals surface area (Å²) in [6.07, 6.45) is 0. The van der Waals surface area contributed by atoms with Crippen molar-refractivity contribution in [2.45, 2.75) is 19.4 Å². The van der Waals surface area contributed by atoms with Crippen LogP contribution in [-0.4, -0.2) is 29.8 Å². The Hall–Kier alpha value is -3.47. The predicted molar refractivity (Wildman–Crippen MR) is 118 cm³/mol. The minimum atomic E-state index is -0.351. The molecular weight excluding hydrogens is 391 g/mol. The van der Waals surface area contributed by atoms with Gasteiger partial charge in [0.15, 0.2) is 0 Å². The first-order valence-electron chi connectivity index (χ1n) is 10.4. The Kier molecular flexibility index (Phi) is 6.12. The van der Waals surface area contributed by atoms with E-state index < -0.39 is 0 Å². The van der Waals surface area contributed by atoms with E-state index in [0.717, 1.165) is 16.7 Å². The molecule has 1 aliphatic heterocycles. The van der Waals surface area contributed by atoms with E-state index in [4.69, 9.17) is 0 Å². The number of likely N-dealkylation sites (tertiary alicyclic amines) is 1. The van der Waals surface area contributed by atoms with Gasteiger partial charge in [-0.3, -0.25) is 9.59 Å². The Morgan fingerprint density at radius 1 is 0.935 bits per heavy atom. The lowest BCUT2D eigenvalue weighted by molar-refractivity contribution is -0.125. The number of halogens is 1. The van der Waals surface area contributed by atoms with E-state index in [9.17, 15) is 14.0 Å². The van der Waals surface area contributed by atoms with E-state index in [1.807, 2.05) is 61.5 Å². The number of rotatable bonds is 5. The topological polar surface area (TPSA) is 49.4 Å². The monoisotopic (exact) mass is 416 g/mol. The first-order valence-corrected chi connectivity index (χ1v) is 10.4. The lowest BCUT2D eigenvalue weighted by atomic mass is 9.88. The van der Waals surface area contributed by atoms with Crippen molar-refractivity contribution in [1.82, 2.24) is 10.2 Å². The van der Waals surface area contributed by atoms with Gasteiger partial charge in [-0.25, -0.2) is 4.39 Å². The summed E-state index contributed by atoms with van der Waals surface area (Å²) in [6, 6.07) is 23.5. The highest BCUT2D eigenvalue weighted by Gasteiger charge is 2.40. The van der Waals surface area contributed by atoms with E-state index in [1.165, 1.54) is 12.1 Å². The zero-order valence-corrected chi connectivity index (χ0v) is 17.4. The number of amides is 2. The second kappa shape index (κ2) is 9.13. The molecule has 2 atom stereocenters. The number of nitrogens with zero attached hydrogens (tertiary/aromatic N) is 1. The quantitative estimate of drug-likeness (QED) is 0.674. The molecule has 0 aliphatic carbocycles. The molecule has 0 bridgehead atoms. The van der Waals surface area contributed by atoms with Crippen LogP contribution in [0.25, 0.3) is 0 Å². The maximum absolute atomic E-state index is 13.2. The van der Waals surface area contributed by atoms with E-state index in [-0.39, 0.29) is 29.5 Å². The average molecular weight is 416 g/mol. The molecule has 0 spiro atoms. The zero-order chi connectivity index (χ0) is 21.8. The van der Waals surface area contributed by atoms with Gasteiger partial charge in [0, 0.05) is 31.1 Å². The predicted octanol–water partition coefficient (Wildman–Crippen LogP) is 4.31. The highest BCUT2D eigenvalue weighted by Crippen LogP contribution is 2.34. The van der Waals surface area contributed by atoms with Gasteiger partial charge in [0.25, 0.3) is 5.91 Å². The van der Waals surface area contributed by atoms with Crippen LogP contribution in [0.2, 0.25) is 0 Å². The van der Waals surface area contributed by atoms with Crippen LogP contribution in [0.1, 0.15) is 33.0 Å². The van der Waals surface area contributed by atoms with E-state index in [2.05, 4.69) is 5.32 Å². The molecule has 0 unspecified atom stereocenters. The second-order valence-corrected chi connectivity index (χ2v) is 7.99. The van der Waals surface area contributed by atoms with Gasteiger partial charge in [-0.1, -0.05) is 60.7 Å². The van der Waals surface area contributed by atoms with Gasteiger partial charge in [-0.2, -0.15) is 0 Å². The summed E-state index contributed by atoms with van der Waals surface area (Å²) in [7, 11) is 0. The summed E-state index contributed by atoms with van der Waals surface area (Å²) >= 11 is 0. The van der Waals surface area contributed by atoms with Crippen molar-refractivity contribution in [1.29, 1.82) is 0 Å². The number of benzene rings is 3. The molecule has 0 radical (unpaired) electrons. The maximum Gasteiger partial charge on any atom is 0.254 e. The molecule has 31 heavy (non-hydrogen) atoms. The Labute approximate surface area is 181 Å². The molecule has 158 valence electrons. The number of hydrogen-bond acceptors (Lipinski definition) is 2. The van der Waals surface area contributed by atoms with Crippen LogP contribution in [0, 0.1) is 18.7 Å². The summed E-state index contributed by atoms with van der Waals surface area (Å²) in [4.78, 5) is 28.1. The highest BCUT2D eigenvalue weighted by molar-refractivity contribution is 5.96. The van der Waals surface area contributed by atoms with Crippen LogP contribution >= 0.6 is 0 Å². The fourth-order valence-corrected chi connectivity index (χ4v) is 4.18. The molecule has 3 aromatic carbocycles. The third kappa shape index (κ3) is 4.66. The third-order valence-corrected chi connectivity index (χ3v) is 5.93. The van der Waals surface area contributed by atoms with Crippen LogP contribution < -0.4 is 5.32 Å². The van der Waals surface area contributed by atoms with Gasteiger partial charge < -0.3 is 10.2 Å². The molecule has 3 aromatic rings. The lowest BCUT2D eigenvalue weighted by Crippen LogP contribution is -2.35. The summed E-state index contributed by atoms with van der Waals surface area (Å²) in [5, 5.41) is 2.97. The first-order chi connectivity index (χ1) is 15.0. The van der Waals surface area contributed by atoms with Gasteiger partial charge in [-0.15, -0.1) is 0 Å². The third-order valence-electron chi connectivity index (χ3n) is 5.93. The smallest absolute Gasteiger partial charge is 0.254 e. The fraction of sp³-hybridized carbons (Fsp3) is 0.231. The minimum absolute atomic E-state index is 0.0483. The van der Waals surface area contributed by atoms with Crippen LogP contribution in [0.4, 0.5) is 4.39 Å². The molecule has 1 aliphatic rings. The van der Waals surface area contributed by atoms with Crippen molar-refractivity contribution >= 4 is 11.8 Å². The molecular formula is C26H25FN2O2. The van der Waals surface area contributed by atoms with Crippen molar-refractivity contribution in [2.75, 3.05) is 13.1 Å². The molecule has 4 rings (SSSR count). The Morgan fingerprint density at radius 2 is 1.61 bits per heavy atom. The van der Waals surface area contributed by atoms with Crippen LogP contribution in [0.15, 0.2) is 78.9 Å². The van der Waals surface area contributed by atoms with Crippen molar-refractivity contribution in [3.63, 3.8) is 0 Å². The maximum atomic E-state index is 13.2. The average Bonchev–Trinajstić information content (AvgIpc) is 3.25. The summed E-state index contributed by atoms with van der Waals surface area (Å²) in [6.45, 7) is 3.10. The molecule has 0 aromatic heterocycles. The summed E-state index contributed by atoms with van der Waals surface area (Å²) < 4.78 is 13.1. The summed E-state index contributed by atoms with van der Waals surface area (Å²) in [5.41, 5.74) is 3.47. The number of hydrogen-bond donors (Lipinski definition) is 1. The van der Waals surface area contributed by atoms with Crippen molar-refractivity contribution in [2.24, 2.45) is 5.92 Å². The van der Waals surface area contributed by atoms with Crippen LogP contribution in [-0.2, 0) is 11.3 Å². The number of aryl methyl sites for hydroxylation is 1. The van der Waals surface area contributed by atoms with Gasteiger partial charge in [0.2, 0.25) is 5.91 Å². The second-order valence-electron chi connectivity index (χ2n) is 7.99. The van der Waals surface area contributed by atoms with Gasteiger partial charge >= 0.3 is 0 Å². The number of carbonyl (C=O) groups is 2. The Balaban J connectivity index is 1.53. The standard InChI is InChI=1S/C26H25FN2O2/c1-18-7-5-6-10-22(18)26(31)29-16-23(20-8-3-2-4-9-20)24(17-29)25(30)28-15-19-11-13-21(27)14-12-19/h2-14,23-24H,15-17H2,1H3,(H,28,30)/t23-,24+/m0/s1. The highest BCUT2D eigenvalue weighted by atomic mass is 19.1. The van der Waals surface area contributed by atoms with Gasteiger partial charge in [-0.05, 0) is 41.8 Å². The Morgan fingerprint density at radius 3 is 2.32 bits per heavy atom. The van der Waals surface area contributed by atoms with E-state index in [1.54, 1.807) is 17.0 Å². The molecule has 2 amide bonds. The first kappa shape index (κ1) is 20.8. The summed E-state index contributed by atoms with van der Waals surface area (Å²) in [5.74, 6) is -0.885. The normalized spacial score (nSPS) is 18.1. The molecule has 1 fully saturated rings. The van der Waals surface area contributed by atoms with Crippen molar-refractivity contribution in [3.8, 4) is 0 Å². The molecule has 1 saturated heterocycles. The molecule has 0 saturated carbocycles. The minimum Gasteiger partial charge on any atom is -0.352 e. The van der Waals surface area contributed by atoms with Crippen molar-refractivity contribution < 1.29 is 14.0 Å². The van der Waals surface area contributed by atoms with Gasteiger partial charge in [0.1, 0.15) is 5.82 Å². The Bertz CT molecular complexity index is 1070. The van der Waals surface area contributed by atoms with Crippen LogP contribution in [0.5, 0.6) is 0 Å². The SMILES string of the molecule is Cc1ccccc1C(=O)N1C[C@@H](C(=O)NCc2ccc(F)cc2)[C@H](c2ccccc2)C1. The van der Waals surface area contributed by atoms with E-state index in [0.29, 0.717) is 25.2 Å². The lowest BCUT2D eigenvalue weighted by Gasteiger charge is -2.18. The molecule has 1 N–H and O–H groups in total. The number of carbonyl (C=O) groups excluding carboxylic acids is 2. The molecule has 4 nitrogen and oxygen atoms in total. The number of nitrogens with one attached hydrogen (secondary N) is 1. The molecule has 5 heteroatoms. The molecule has 1 heterocycles. The fourth-order valence-electron chi connectivity index (χ4n) is 4.18. The van der Waals surface area contributed by atoms with Gasteiger partial charge in [0.05, 0.1) is 5.92 Å². The zero-order valence-electron chi connectivity index (χ0n) is 17.4. The van der Waals surface area contributed by atoms with Crippen LogP contribution in [0.3, 0.4) is 0 Å².